The highest BCUT2D eigenvalue weighted by atomic mass is 32.2. The van der Waals surface area contributed by atoms with E-state index in [0.29, 0.717) is 0 Å². The minimum atomic E-state index is -3.62. The molecular formula is C13H18O3S. The van der Waals surface area contributed by atoms with Crippen molar-refractivity contribution in [2.75, 3.05) is 6.61 Å². The minimum Gasteiger partial charge on any atom is -0.262 e. The van der Waals surface area contributed by atoms with Crippen molar-refractivity contribution >= 4 is 10.1 Å². The molecular weight excluding hydrogens is 236 g/mol. The van der Waals surface area contributed by atoms with Crippen LogP contribution in [0, 0.1) is 6.92 Å². The summed E-state index contributed by atoms with van der Waals surface area (Å²) in [5.74, 6) is 0. The van der Waals surface area contributed by atoms with Crippen molar-refractivity contribution < 1.29 is 12.6 Å². The molecule has 0 atom stereocenters. The number of unbranched alkanes of at least 4 members (excludes halogenated alkanes) is 1. The Balaban J connectivity index is 2.60. The largest absolute Gasteiger partial charge is 0.297 e. The maximum absolute atomic E-state index is 11.7. The summed E-state index contributed by atoms with van der Waals surface area (Å²) in [4.78, 5) is 0.201. The van der Waals surface area contributed by atoms with Gasteiger partial charge < -0.3 is 0 Å². The van der Waals surface area contributed by atoms with Crippen LogP contribution in [0.5, 0.6) is 0 Å². The fraction of sp³-hybridized carbons (Fsp3) is 0.385. The zero-order chi connectivity index (χ0) is 12.7. The van der Waals surface area contributed by atoms with Gasteiger partial charge in [-0.05, 0) is 25.5 Å². The molecule has 0 aliphatic rings. The first-order valence-electron chi connectivity index (χ1n) is 5.67. The van der Waals surface area contributed by atoms with Crippen molar-refractivity contribution in [1.29, 1.82) is 0 Å². The highest BCUT2D eigenvalue weighted by molar-refractivity contribution is 7.86. The van der Waals surface area contributed by atoms with Crippen molar-refractivity contribution in [3.63, 3.8) is 0 Å². The third-order valence-corrected chi connectivity index (χ3v) is 3.55. The lowest BCUT2D eigenvalue weighted by Gasteiger charge is -2.03. The number of hydrogen-bond donors (Lipinski definition) is 0. The number of hydrogen-bond acceptors (Lipinski definition) is 3. The summed E-state index contributed by atoms with van der Waals surface area (Å²) in [6.45, 7) is 4.06. The predicted molar refractivity (Wildman–Crippen MR) is 68.4 cm³/mol. The molecule has 0 fully saturated rings. The van der Waals surface area contributed by atoms with Crippen LogP contribution in [0.3, 0.4) is 0 Å². The molecule has 0 aliphatic heterocycles. The van der Waals surface area contributed by atoms with Gasteiger partial charge in [-0.25, -0.2) is 0 Å². The van der Waals surface area contributed by atoms with Gasteiger partial charge in [0.1, 0.15) is 0 Å². The first kappa shape index (κ1) is 13.9. The van der Waals surface area contributed by atoms with Crippen molar-refractivity contribution in [2.24, 2.45) is 0 Å². The van der Waals surface area contributed by atoms with Gasteiger partial charge in [-0.1, -0.05) is 43.2 Å². The molecule has 0 saturated heterocycles. The molecule has 0 aliphatic carbocycles. The third kappa shape index (κ3) is 4.71. The molecule has 0 bridgehead atoms. The molecule has 0 spiro atoms. The molecule has 0 heterocycles. The van der Waals surface area contributed by atoms with Crippen molar-refractivity contribution in [3.8, 4) is 0 Å². The molecule has 0 amide bonds. The van der Waals surface area contributed by atoms with E-state index in [2.05, 4.69) is 6.92 Å². The molecule has 1 aromatic rings. The van der Waals surface area contributed by atoms with E-state index >= 15 is 0 Å². The van der Waals surface area contributed by atoms with Gasteiger partial charge in [-0.2, -0.15) is 8.42 Å². The van der Waals surface area contributed by atoms with E-state index < -0.39 is 10.1 Å². The first-order chi connectivity index (χ1) is 8.06. The van der Waals surface area contributed by atoms with E-state index in [1.807, 2.05) is 13.0 Å². The van der Waals surface area contributed by atoms with Crippen LogP contribution in [0.4, 0.5) is 0 Å². The van der Waals surface area contributed by atoms with Gasteiger partial charge in [0, 0.05) is 0 Å². The summed E-state index contributed by atoms with van der Waals surface area (Å²) in [6, 6.07) is 6.62. The fourth-order valence-corrected chi connectivity index (χ4v) is 2.12. The topological polar surface area (TPSA) is 43.4 Å². The zero-order valence-electron chi connectivity index (χ0n) is 10.2. The van der Waals surface area contributed by atoms with E-state index in [-0.39, 0.29) is 11.5 Å². The summed E-state index contributed by atoms with van der Waals surface area (Å²) in [5, 5.41) is 0. The third-order valence-electron chi connectivity index (χ3n) is 2.25. The standard InChI is InChI=1S/C13H18O3S/c1-3-4-5-6-11-16-17(14,15)13-9-7-12(2)8-10-13/h5-10H,3-4,11H2,1-2H3. The molecule has 17 heavy (non-hydrogen) atoms. The molecule has 4 heteroatoms. The quantitative estimate of drug-likeness (QED) is 0.579. The van der Waals surface area contributed by atoms with E-state index in [4.69, 9.17) is 4.18 Å². The molecule has 0 radical (unpaired) electrons. The van der Waals surface area contributed by atoms with Crippen LogP contribution in [0.15, 0.2) is 41.3 Å². The van der Waals surface area contributed by atoms with Crippen LogP contribution in [0.25, 0.3) is 0 Å². The molecule has 1 rings (SSSR count). The molecule has 3 nitrogen and oxygen atoms in total. The summed E-state index contributed by atoms with van der Waals surface area (Å²) in [6.07, 6.45) is 5.63. The molecule has 1 aromatic carbocycles. The van der Waals surface area contributed by atoms with E-state index in [1.54, 1.807) is 30.3 Å². The summed E-state index contributed by atoms with van der Waals surface area (Å²) in [7, 11) is -3.62. The van der Waals surface area contributed by atoms with Crippen LogP contribution in [-0.4, -0.2) is 15.0 Å². The molecule has 94 valence electrons. The Morgan fingerprint density at radius 1 is 1.18 bits per heavy atom. The lowest BCUT2D eigenvalue weighted by molar-refractivity contribution is 0.357. The number of benzene rings is 1. The van der Waals surface area contributed by atoms with Crippen molar-refractivity contribution in [3.05, 3.63) is 42.0 Å². The highest BCUT2D eigenvalue weighted by Gasteiger charge is 2.13. The van der Waals surface area contributed by atoms with Gasteiger partial charge in [0.05, 0.1) is 11.5 Å². The predicted octanol–water partition coefficient (Wildman–Crippen LogP) is 3.06. The minimum absolute atomic E-state index is 0.0935. The van der Waals surface area contributed by atoms with Crippen LogP contribution in [0.1, 0.15) is 25.3 Å². The Bertz CT molecular complexity index is 458. The normalized spacial score (nSPS) is 12.1. The van der Waals surface area contributed by atoms with Crippen LogP contribution >= 0.6 is 0 Å². The number of rotatable bonds is 6. The Morgan fingerprint density at radius 3 is 2.41 bits per heavy atom. The lowest BCUT2D eigenvalue weighted by atomic mass is 10.2. The molecule has 0 unspecified atom stereocenters. The number of allylic oxidation sites excluding steroid dienone is 1. The summed E-state index contributed by atoms with van der Waals surface area (Å²) < 4.78 is 28.3. The van der Waals surface area contributed by atoms with Crippen molar-refractivity contribution in [2.45, 2.75) is 31.6 Å². The SMILES string of the molecule is CCCC=CCOS(=O)(=O)c1ccc(C)cc1. The highest BCUT2D eigenvalue weighted by Crippen LogP contribution is 2.13. The van der Waals surface area contributed by atoms with Gasteiger partial charge in [-0.3, -0.25) is 4.18 Å². The average Bonchev–Trinajstić information content (AvgIpc) is 2.29. The Kier molecular flexibility index (Phi) is 5.38. The Morgan fingerprint density at radius 2 is 1.82 bits per heavy atom. The van der Waals surface area contributed by atoms with Crippen LogP contribution in [-0.2, 0) is 14.3 Å². The maximum atomic E-state index is 11.7. The van der Waals surface area contributed by atoms with Crippen LogP contribution in [0.2, 0.25) is 0 Å². The Hall–Kier alpha value is -1.13. The van der Waals surface area contributed by atoms with E-state index in [0.717, 1.165) is 18.4 Å². The van der Waals surface area contributed by atoms with Crippen molar-refractivity contribution in [1.82, 2.24) is 0 Å². The average molecular weight is 254 g/mol. The van der Waals surface area contributed by atoms with Gasteiger partial charge in [0.15, 0.2) is 0 Å². The number of aryl methyl sites for hydroxylation is 1. The summed E-state index contributed by atoms with van der Waals surface area (Å²) >= 11 is 0. The van der Waals surface area contributed by atoms with Gasteiger partial charge in [0.2, 0.25) is 0 Å². The van der Waals surface area contributed by atoms with E-state index in [9.17, 15) is 8.42 Å². The molecule has 0 N–H and O–H groups in total. The van der Waals surface area contributed by atoms with Gasteiger partial charge in [0.25, 0.3) is 10.1 Å². The smallest absolute Gasteiger partial charge is 0.262 e. The molecule has 0 aromatic heterocycles. The zero-order valence-corrected chi connectivity index (χ0v) is 11.0. The van der Waals surface area contributed by atoms with Gasteiger partial charge >= 0.3 is 0 Å². The van der Waals surface area contributed by atoms with E-state index in [1.165, 1.54) is 0 Å². The second kappa shape index (κ2) is 6.57. The lowest BCUT2D eigenvalue weighted by Crippen LogP contribution is -2.06. The van der Waals surface area contributed by atoms with Gasteiger partial charge in [-0.15, -0.1) is 0 Å². The summed E-state index contributed by atoms with van der Waals surface area (Å²) in [5.41, 5.74) is 1.02. The Labute approximate surface area is 103 Å². The first-order valence-corrected chi connectivity index (χ1v) is 7.08. The second-order valence-corrected chi connectivity index (χ2v) is 5.43. The second-order valence-electron chi connectivity index (χ2n) is 3.81. The fourth-order valence-electron chi connectivity index (χ4n) is 1.25. The maximum Gasteiger partial charge on any atom is 0.297 e. The van der Waals surface area contributed by atoms with Crippen LogP contribution < -0.4 is 0 Å². The molecule has 0 saturated carbocycles. The monoisotopic (exact) mass is 254 g/mol.